The second kappa shape index (κ2) is 8.79. The molecule has 0 N–H and O–H groups in total. The van der Waals surface area contributed by atoms with Crippen molar-refractivity contribution in [3.63, 3.8) is 0 Å². The zero-order valence-electron chi connectivity index (χ0n) is 16.3. The van der Waals surface area contributed by atoms with Crippen LogP contribution in [0.1, 0.15) is 5.56 Å². The van der Waals surface area contributed by atoms with Crippen molar-refractivity contribution >= 4 is 44.5 Å². The zero-order valence-corrected chi connectivity index (χ0v) is 17.1. The second-order valence-corrected chi connectivity index (χ2v) is 7.25. The summed E-state index contributed by atoms with van der Waals surface area (Å²) in [4.78, 5) is 27.9. The lowest BCUT2D eigenvalue weighted by atomic mass is 10.2. The predicted molar refractivity (Wildman–Crippen MR) is 114 cm³/mol. The summed E-state index contributed by atoms with van der Waals surface area (Å²) in [6.45, 7) is 0.596. The Labute approximate surface area is 180 Å². The highest BCUT2D eigenvalue weighted by molar-refractivity contribution is 7.22. The van der Waals surface area contributed by atoms with Crippen molar-refractivity contribution in [2.75, 3.05) is 25.3 Å². The molecule has 0 atom stereocenters. The fraction of sp³-hybridized carbons (Fsp3) is 0.150. The monoisotopic (exact) mass is 440 g/mol. The first-order valence-corrected chi connectivity index (χ1v) is 9.89. The van der Waals surface area contributed by atoms with E-state index in [0.29, 0.717) is 28.6 Å². The highest BCUT2D eigenvalue weighted by Crippen LogP contribution is 2.32. The van der Waals surface area contributed by atoms with E-state index in [1.807, 2.05) is 6.07 Å². The molecule has 2 heterocycles. The van der Waals surface area contributed by atoms with Gasteiger partial charge in [-0.2, -0.15) is 10.1 Å². The van der Waals surface area contributed by atoms with E-state index in [2.05, 4.69) is 10.1 Å². The molecule has 2 aromatic carbocycles. The molecule has 31 heavy (non-hydrogen) atoms. The zero-order chi connectivity index (χ0) is 21.8. The summed E-state index contributed by atoms with van der Waals surface area (Å²) in [5, 5.41) is 16.5. The van der Waals surface area contributed by atoms with Gasteiger partial charge >= 0.3 is 5.91 Å². The number of aromatic nitrogens is 1. The fourth-order valence-corrected chi connectivity index (χ4v) is 3.64. The minimum absolute atomic E-state index is 0.00364. The van der Waals surface area contributed by atoms with Crippen LogP contribution in [0.2, 0.25) is 0 Å². The number of nitrogens with zero attached hydrogens (tertiary/aromatic N) is 4. The first-order chi connectivity index (χ1) is 15.0. The van der Waals surface area contributed by atoms with Crippen LogP contribution in [0.5, 0.6) is 5.75 Å². The van der Waals surface area contributed by atoms with E-state index in [1.54, 1.807) is 19.2 Å². The SMILES string of the molecule is COc1ccc2nc(N(/N=C/c3ccc([N+](=O)[O-])cc3)C(=O)C3=COCCO3)sc2c1. The molecule has 0 radical (unpaired) electrons. The molecule has 10 nitrogen and oxygen atoms in total. The van der Waals surface area contributed by atoms with Crippen molar-refractivity contribution < 1.29 is 23.9 Å². The summed E-state index contributed by atoms with van der Waals surface area (Å²) < 4.78 is 16.6. The molecular formula is C20H16N4O6S. The molecule has 0 unspecified atom stereocenters. The second-order valence-electron chi connectivity index (χ2n) is 6.24. The van der Waals surface area contributed by atoms with E-state index in [4.69, 9.17) is 14.2 Å². The third kappa shape index (κ3) is 4.46. The smallest absolute Gasteiger partial charge is 0.319 e. The standard InChI is InChI=1S/C20H16N4O6S/c1-28-15-6-7-16-18(10-15)31-20(22-16)23(19(25)17-12-29-8-9-30-17)21-11-13-2-4-14(5-3-13)24(26)27/h2-7,10-12H,8-9H2,1H3/b21-11+. The Morgan fingerprint density at radius 1 is 1.29 bits per heavy atom. The van der Waals surface area contributed by atoms with Gasteiger partial charge in [-0.25, -0.2) is 4.98 Å². The lowest BCUT2D eigenvalue weighted by Crippen LogP contribution is -2.30. The molecule has 0 saturated carbocycles. The third-order valence-corrected chi connectivity index (χ3v) is 5.24. The van der Waals surface area contributed by atoms with E-state index in [9.17, 15) is 14.9 Å². The first kappa shape index (κ1) is 20.3. The average Bonchev–Trinajstić information content (AvgIpc) is 3.22. The highest BCUT2D eigenvalue weighted by atomic mass is 32.1. The number of benzene rings is 2. The quantitative estimate of drug-likeness (QED) is 0.327. The van der Waals surface area contributed by atoms with Crippen molar-refractivity contribution in [2.45, 2.75) is 0 Å². The van der Waals surface area contributed by atoms with Crippen LogP contribution in [-0.4, -0.2) is 42.4 Å². The highest BCUT2D eigenvalue weighted by Gasteiger charge is 2.26. The number of anilines is 1. The number of carbonyl (C=O) groups is 1. The van der Waals surface area contributed by atoms with E-state index in [1.165, 1.54) is 48.1 Å². The molecule has 0 fully saturated rings. The summed E-state index contributed by atoms with van der Waals surface area (Å²) in [6, 6.07) is 11.2. The van der Waals surface area contributed by atoms with Gasteiger partial charge in [0, 0.05) is 12.1 Å². The van der Waals surface area contributed by atoms with Gasteiger partial charge in [0.25, 0.3) is 5.69 Å². The minimum Gasteiger partial charge on any atom is -0.497 e. The maximum absolute atomic E-state index is 13.1. The van der Waals surface area contributed by atoms with Crippen LogP contribution in [0.15, 0.2) is 59.6 Å². The Balaban J connectivity index is 1.69. The Morgan fingerprint density at radius 2 is 2.10 bits per heavy atom. The number of nitro groups is 1. The number of carbonyl (C=O) groups excluding carboxylic acids is 1. The summed E-state index contributed by atoms with van der Waals surface area (Å²) in [5.41, 5.74) is 1.21. The molecule has 158 valence electrons. The van der Waals surface area contributed by atoms with Crippen LogP contribution in [0.25, 0.3) is 10.2 Å². The van der Waals surface area contributed by atoms with E-state index in [-0.39, 0.29) is 18.1 Å². The number of rotatable bonds is 6. The number of hydrazone groups is 1. The lowest BCUT2D eigenvalue weighted by molar-refractivity contribution is -0.384. The van der Waals surface area contributed by atoms with Gasteiger partial charge in [-0.05, 0) is 35.9 Å². The predicted octanol–water partition coefficient (Wildman–Crippen LogP) is 3.47. The normalized spacial score (nSPS) is 13.4. The van der Waals surface area contributed by atoms with Crippen LogP contribution in [-0.2, 0) is 14.3 Å². The lowest BCUT2D eigenvalue weighted by Gasteiger charge is -2.19. The molecule has 3 aromatic rings. The fourth-order valence-electron chi connectivity index (χ4n) is 2.69. The molecule has 4 rings (SSSR count). The number of nitro benzene ring substituents is 1. The summed E-state index contributed by atoms with van der Waals surface area (Å²) in [7, 11) is 1.57. The average molecular weight is 440 g/mol. The number of hydrogen-bond donors (Lipinski definition) is 0. The van der Waals surface area contributed by atoms with Gasteiger partial charge in [0.2, 0.25) is 10.9 Å². The summed E-state index contributed by atoms with van der Waals surface area (Å²) in [5.74, 6) is 0.120. The van der Waals surface area contributed by atoms with Crippen LogP contribution >= 0.6 is 11.3 Å². The van der Waals surface area contributed by atoms with Crippen LogP contribution in [0, 0.1) is 10.1 Å². The molecule has 0 saturated heterocycles. The topological polar surface area (TPSA) is 116 Å². The van der Waals surface area contributed by atoms with Crippen LogP contribution in [0.3, 0.4) is 0 Å². The van der Waals surface area contributed by atoms with Crippen LogP contribution < -0.4 is 9.75 Å². The number of thiazole rings is 1. The maximum Gasteiger partial charge on any atom is 0.319 e. The third-order valence-electron chi connectivity index (χ3n) is 4.24. The summed E-state index contributed by atoms with van der Waals surface area (Å²) >= 11 is 1.26. The number of fused-ring (bicyclic) bond motifs is 1. The van der Waals surface area contributed by atoms with E-state index in [0.717, 1.165) is 9.71 Å². The summed E-state index contributed by atoms with van der Waals surface area (Å²) in [6.07, 6.45) is 2.66. The number of amides is 1. The Bertz CT molecular complexity index is 1190. The van der Waals surface area contributed by atoms with Gasteiger partial charge < -0.3 is 14.2 Å². The first-order valence-electron chi connectivity index (χ1n) is 9.07. The molecular weight excluding hydrogens is 424 g/mol. The molecule has 1 aliphatic heterocycles. The molecule has 11 heteroatoms. The molecule has 0 spiro atoms. The molecule has 1 amide bonds. The largest absolute Gasteiger partial charge is 0.497 e. The number of hydrogen-bond acceptors (Lipinski definition) is 9. The molecule has 1 aromatic heterocycles. The molecule has 0 bridgehead atoms. The van der Waals surface area contributed by atoms with Crippen molar-refractivity contribution in [3.8, 4) is 5.75 Å². The number of ether oxygens (including phenoxy) is 3. The van der Waals surface area contributed by atoms with Gasteiger partial charge in [-0.1, -0.05) is 11.3 Å². The number of non-ortho nitro benzene ring substituents is 1. The van der Waals surface area contributed by atoms with Crippen molar-refractivity contribution in [3.05, 3.63) is 70.2 Å². The Morgan fingerprint density at radius 3 is 2.77 bits per heavy atom. The van der Waals surface area contributed by atoms with Gasteiger partial charge in [-0.3, -0.25) is 14.9 Å². The van der Waals surface area contributed by atoms with Crippen LogP contribution in [0.4, 0.5) is 10.8 Å². The number of methoxy groups -OCH3 is 1. The minimum atomic E-state index is -0.552. The van der Waals surface area contributed by atoms with E-state index >= 15 is 0 Å². The van der Waals surface area contributed by atoms with Gasteiger partial charge in [-0.15, -0.1) is 0 Å². The van der Waals surface area contributed by atoms with Crippen molar-refractivity contribution in [1.82, 2.24) is 4.98 Å². The Kier molecular flexibility index (Phi) is 5.76. The van der Waals surface area contributed by atoms with Gasteiger partial charge in [0.05, 0.1) is 28.5 Å². The Hall–Kier alpha value is -3.99. The van der Waals surface area contributed by atoms with Crippen molar-refractivity contribution in [2.24, 2.45) is 5.10 Å². The van der Waals surface area contributed by atoms with Crippen molar-refractivity contribution in [1.29, 1.82) is 0 Å². The maximum atomic E-state index is 13.1. The van der Waals surface area contributed by atoms with E-state index < -0.39 is 10.8 Å². The van der Waals surface area contributed by atoms with Gasteiger partial charge in [0.15, 0.2) is 0 Å². The molecule has 1 aliphatic rings. The van der Waals surface area contributed by atoms with Gasteiger partial charge in [0.1, 0.15) is 25.2 Å². The molecule has 0 aliphatic carbocycles.